The third-order valence-corrected chi connectivity index (χ3v) is 6.87. The molecule has 0 aliphatic carbocycles. The van der Waals surface area contributed by atoms with Crippen LogP contribution in [0.15, 0.2) is 24.3 Å². The first-order chi connectivity index (χ1) is 15.0. The second-order valence-corrected chi connectivity index (χ2v) is 8.75. The number of hydrogen-bond donors (Lipinski definition) is 1. The first-order valence-electron chi connectivity index (χ1n) is 10.4. The maximum absolute atomic E-state index is 12.8. The summed E-state index contributed by atoms with van der Waals surface area (Å²) in [4.78, 5) is 29.7. The van der Waals surface area contributed by atoms with Crippen molar-refractivity contribution in [3.8, 4) is 0 Å². The van der Waals surface area contributed by atoms with E-state index in [1.54, 1.807) is 18.7 Å². The smallest absolute Gasteiger partial charge is 0.410 e. The molecule has 0 atom stereocenters. The molecule has 0 spiro atoms. The lowest BCUT2D eigenvalue weighted by molar-refractivity contribution is 0.0526. The zero-order valence-electron chi connectivity index (χ0n) is 17.6. The van der Waals surface area contributed by atoms with Gasteiger partial charge in [-0.15, -0.1) is 11.3 Å². The van der Waals surface area contributed by atoms with Gasteiger partial charge in [-0.1, -0.05) is 18.2 Å². The summed E-state index contributed by atoms with van der Waals surface area (Å²) in [6.45, 7) is 5.90. The number of nitrogens with one attached hydrogen (secondary N) is 1. The van der Waals surface area contributed by atoms with Crippen LogP contribution in [0.2, 0.25) is 0 Å². The van der Waals surface area contributed by atoms with Crippen LogP contribution in [0.3, 0.4) is 0 Å². The van der Waals surface area contributed by atoms with Crippen LogP contribution in [0.25, 0.3) is 0 Å². The van der Waals surface area contributed by atoms with E-state index in [4.69, 9.17) is 21.7 Å². The van der Waals surface area contributed by atoms with Gasteiger partial charge in [0, 0.05) is 23.7 Å². The minimum absolute atomic E-state index is 0.293. The number of esters is 1. The molecule has 1 N–H and O–H groups in total. The monoisotopic (exact) mass is 459 g/mol. The Morgan fingerprint density at radius 2 is 1.90 bits per heavy atom. The van der Waals surface area contributed by atoms with Crippen molar-refractivity contribution in [1.82, 2.24) is 4.90 Å². The summed E-state index contributed by atoms with van der Waals surface area (Å²) >= 11 is 7.16. The van der Waals surface area contributed by atoms with Gasteiger partial charge in [0.15, 0.2) is 5.11 Å². The van der Waals surface area contributed by atoms with Gasteiger partial charge in [-0.3, -0.25) is 0 Å². The maximum atomic E-state index is 12.8. The Balaban J connectivity index is 1.61. The van der Waals surface area contributed by atoms with E-state index in [0.29, 0.717) is 48.4 Å². The van der Waals surface area contributed by atoms with Crippen LogP contribution < -0.4 is 10.2 Å². The quantitative estimate of drug-likeness (QED) is 0.543. The van der Waals surface area contributed by atoms with Crippen molar-refractivity contribution >= 4 is 51.4 Å². The molecule has 9 heteroatoms. The molecule has 164 valence electrons. The third kappa shape index (κ3) is 4.24. The second kappa shape index (κ2) is 9.23. The van der Waals surface area contributed by atoms with Gasteiger partial charge in [0.05, 0.1) is 25.3 Å². The van der Waals surface area contributed by atoms with Crippen molar-refractivity contribution in [1.29, 1.82) is 0 Å². The summed E-state index contributed by atoms with van der Waals surface area (Å²) in [5.41, 5.74) is 3.80. The molecular formula is C22H25N3O4S2. The Bertz CT molecular complexity index is 1020. The van der Waals surface area contributed by atoms with E-state index in [1.807, 2.05) is 12.1 Å². The van der Waals surface area contributed by atoms with Crippen molar-refractivity contribution in [2.75, 3.05) is 36.5 Å². The van der Waals surface area contributed by atoms with Gasteiger partial charge in [-0.2, -0.15) is 0 Å². The molecule has 3 heterocycles. The van der Waals surface area contributed by atoms with Crippen LogP contribution in [0.1, 0.15) is 40.2 Å². The highest BCUT2D eigenvalue weighted by Gasteiger charge is 2.32. The molecular weight excluding hydrogens is 434 g/mol. The van der Waals surface area contributed by atoms with Gasteiger partial charge in [-0.25, -0.2) is 9.59 Å². The molecule has 4 rings (SSSR count). The molecule has 7 nitrogen and oxygen atoms in total. The normalized spacial score (nSPS) is 14.6. The largest absolute Gasteiger partial charge is 0.462 e. The molecule has 0 radical (unpaired) electrons. The standard InChI is InChI=1S/C22H25N3O4S2/c1-3-28-20(26)18-15-10-11-24(22(27)29-4-2)13-17(15)31-19(18)23-21(30)25-12-9-14-7-5-6-8-16(14)25/h5-8H,3-4,9-13H2,1-2H3,(H,23,30). The number of para-hydroxylation sites is 1. The second-order valence-electron chi connectivity index (χ2n) is 7.26. The number of benzene rings is 1. The number of thiophene rings is 1. The average Bonchev–Trinajstić information content (AvgIpc) is 3.34. The number of anilines is 2. The lowest BCUT2D eigenvalue weighted by Gasteiger charge is -2.26. The number of nitrogens with zero attached hydrogens (tertiary/aromatic N) is 2. The SMILES string of the molecule is CCOC(=O)c1c(NC(=S)N2CCc3ccccc32)sc2c1CCN(C(=O)OCC)C2. The lowest BCUT2D eigenvalue weighted by Crippen LogP contribution is -2.36. The van der Waals surface area contributed by atoms with Gasteiger partial charge < -0.3 is 24.6 Å². The summed E-state index contributed by atoms with van der Waals surface area (Å²) in [5.74, 6) is -0.364. The van der Waals surface area contributed by atoms with E-state index in [1.165, 1.54) is 16.9 Å². The number of fused-ring (bicyclic) bond motifs is 2. The molecule has 0 unspecified atom stereocenters. The Morgan fingerprint density at radius 1 is 1.13 bits per heavy atom. The van der Waals surface area contributed by atoms with Gasteiger partial charge >= 0.3 is 12.1 Å². The molecule has 1 amide bonds. The van der Waals surface area contributed by atoms with Crippen LogP contribution in [0.4, 0.5) is 15.5 Å². The van der Waals surface area contributed by atoms with E-state index in [2.05, 4.69) is 22.3 Å². The zero-order valence-corrected chi connectivity index (χ0v) is 19.2. The predicted molar refractivity (Wildman–Crippen MR) is 125 cm³/mol. The summed E-state index contributed by atoms with van der Waals surface area (Å²) in [6, 6.07) is 8.19. The molecule has 2 aliphatic heterocycles. The van der Waals surface area contributed by atoms with E-state index in [-0.39, 0.29) is 12.1 Å². The average molecular weight is 460 g/mol. The first-order valence-corrected chi connectivity index (χ1v) is 11.7. The number of thiocarbonyl (C=S) groups is 1. The summed E-state index contributed by atoms with van der Waals surface area (Å²) in [5, 5.41) is 4.52. The number of hydrogen-bond acceptors (Lipinski definition) is 6. The minimum atomic E-state index is -0.364. The van der Waals surface area contributed by atoms with Gasteiger partial charge in [0.25, 0.3) is 0 Å². The molecule has 0 fully saturated rings. The van der Waals surface area contributed by atoms with Crippen LogP contribution in [-0.2, 0) is 28.9 Å². The zero-order chi connectivity index (χ0) is 22.0. The fourth-order valence-corrected chi connectivity index (χ4v) is 5.60. The highest BCUT2D eigenvalue weighted by atomic mass is 32.1. The van der Waals surface area contributed by atoms with E-state index in [0.717, 1.165) is 29.1 Å². The fraction of sp³-hybridized carbons (Fsp3) is 0.409. The van der Waals surface area contributed by atoms with Crippen LogP contribution in [0, 0.1) is 0 Å². The third-order valence-electron chi connectivity index (χ3n) is 5.42. The van der Waals surface area contributed by atoms with E-state index in [9.17, 15) is 9.59 Å². The van der Waals surface area contributed by atoms with Crippen LogP contribution in [0.5, 0.6) is 0 Å². The van der Waals surface area contributed by atoms with Gasteiger partial charge in [0.2, 0.25) is 0 Å². The molecule has 0 saturated carbocycles. The highest BCUT2D eigenvalue weighted by molar-refractivity contribution is 7.80. The first kappa shape index (κ1) is 21.6. The Morgan fingerprint density at radius 3 is 2.68 bits per heavy atom. The number of amides is 1. The van der Waals surface area contributed by atoms with E-state index >= 15 is 0 Å². The van der Waals surface area contributed by atoms with E-state index < -0.39 is 0 Å². The number of ether oxygens (including phenoxy) is 2. The molecule has 31 heavy (non-hydrogen) atoms. The van der Waals surface area contributed by atoms with Crippen molar-refractivity contribution in [2.24, 2.45) is 0 Å². The van der Waals surface area contributed by atoms with Gasteiger partial charge in [0.1, 0.15) is 5.00 Å². The Kier molecular flexibility index (Phi) is 6.43. The number of carbonyl (C=O) groups excluding carboxylic acids is 2. The predicted octanol–water partition coefficient (Wildman–Crippen LogP) is 4.20. The van der Waals surface area contributed by atoms with Crippen molar-refractivity contribution in [3.63, 3.8) is 0 Å². The topological polar surface area (TPSA) is 71.1 Å². The highest BCUT2D eigenvalue weighted by Crippen LogP contribution is 2.38. The fourth-order valence-electron chi connectivity index (χ4n) is 4.00. The molecule has 1 aromatic carbocycles. The molecule has 2 aliphatic rings. The van der Waals surface area contributed by atoms with Crippen LogP contribution in [-0.4, -0.2) is 48.4 Å². The molecule has 0 saturated heterocycles. The number of carbonyl (C=O) groups is 2. The minimum Gasteiger partial charge on any atom is -0.462 e. The van der Waals surface area contributed by atoms with Crippen LogP contribution >= 0.6 is 23.6 Å². The molecule has 2 aromatic rings. The summed E-state index contributed by atoms with van der Waals surface area (Å²) in [6.07, 6.45) is 1.16. The Labute approximate surface area is 190 Å². The molecule has 1 aromatic heterocycles. The molecule has 0 bridgehead atoms. The van der Waals surface area contributed by atoms with Crippen molar-refractivity contribution < 1.29 is 19.1 Å². The van der Waals surface area contributed by atoms with Crippen molar-refractivity contribution in [2.45, 2.75) is 33.2 Å². The number of rotatable bonds is 4. The summed E-state index contributed by atoms with van der Waals surface area (Å²) < 4.78 is 10.5. The lowest BCUT2D eigenvalue weighted by atomic mass is 10.0. The van der Waals surface area contributed by atoms with Gasteiger partial charge in [-0.05, 0) is 56.1 Å². The Hall–Kier alpha value is -2.65. The van der Waals surface area contributed by atoms with Crippen molar-refractivity contribution in [3.05, 3.63) is 45.8 Å². The summed E-state index contributed by atoms with van der Waals surface area (Å²) in [7, 11) is 0. The maximum Gasteiger partial charge on any atom is 0.410 e.